The summed E-state index contributed by atoms with van der Waals surface area (Å²) in [6.07, 6.45) is 1.90. The molecule has 43 heavy (non-hydrogen) atoms. The van der Waals surface area contributed by atoms with Crippen LogP contribution in [0.15, 0.2) is 85.2 Å². The number of urea groups is 1. The molecule has 0 spiro atoms. The number of rotatable bonds is 15. The Morgan fingerprint density at radius 1 is 0.860 bits per heavy atom. The second kappa shape index (κ2) is 15.6. The summed E-state index contributed by atoms with van der Waals surface area (Å²) >= 11 is 0. The second-order valence-corrected chi connectivity index (χ2v) is 10.6. The average molecular weight is 594 g/mol. The lowest BCUT2D eigenvalue weighted by Gasteiger charge is -2.28. The predicted molar refractivity (Wildman–Crippen MR) is 158 cm³/mol. The minimum Gasteiger partial charge on any atom is -0.344 e. The van der Waals surface area contributed by atoms with Crippen molar-refractivity contribution in [1.82, 2.24) is 20.9 Å². The third-order valence-corrected chi connectivity index (χ3v) is 6.91. The zero-order valence-corrected chi connectivity index (χ0v) is 24.1. The quantitative estimate of drug-likeness (QED) is 0.198. The number of carbonyl (C=O) groups is 4. The zero-order chi connectivity index (χ0) is 31.4. The highest BCUT2D eigenvalue weighted by atomic mass is 19.3. The van der Waals surface area contributed by atoms with E-state index in [1.165, 1.54) is 0 Å². The number of aromatic nitrogens is 1. The molecule has 1 aromatic heterocycles. The SMILES string of the molecule is CC(C)[C@H](NC(=O)CNC(=O)NCc1ccncc1)C(=O)[C@H](Cc1ccccc1)C(=O)C(F)(F)CC(N)c1ccccc1. The predicted octanol–water partition coefficient (Wildman–Crippen LogP) is 3.74. The number of ketones is 2. The van der Waals surface area contributed by atoms with Gasteiger partial charge in [-0.25, -0.2) is 4.79 Å². The van der Waals surface area contributed by atoms with Gasteiger partial charge in [0.1, 0.15) is 0 Å². The highest BCUT2D eigenvalue weighted by Crippen LogP contribution is 2.32. The summed E-state index contributed by atoms with van der Waals surface area (Å²) in [4.78, 5) is 55.9. The fraction of sp³-hybridized carbons (Fsp3) is 0.344. The van der Waals surface area contributed by atoms with E-state index < -0.39 is 66.3 Å². The maximum Gasteiger partial charge on any atom is 0.315 e. The first kappa shape index (κ1) is 33.0. The minimum atomic E-state index is -3.91. The van der Waals surface area contributed by atoms with E-state index in [4.69, 9.17) is 5.73 Å². The Kier molecular flexibility index (Phi) is 12.0. The van der Waals surface area contributed by atoms with Gasteiger partial charge in [-0.15, -0.1) is 0 Å². The van der Waals surface area contributed by atoms with E-state index in [-0.39, 0.29) is 13.0 Å². The van der Waals surface area contributed by atoms with E-state index in [1.807, 2.05) is 0 Å². The molecule has 0 aliphatic carbocycles. The van der Waals surface area contributed by atoms with Crippen LogP contribution in [0.4, 0.5) is 13.6 Å². The lowest BCUT2D eigenvalue weighted by atomic mass is 9.81. The summed E-state index contributed by atoms with van der Waals surface area (Å²) in [5.74, 6) is -9.30. The van der Waals surface area contributed by atoms with Crippen LogP contribution in [-0.4, -0.2) is 47.0 Å². The molecule has 0 aliphatic rings. The smallest absolute Gasteiger partial charge is 0.315 e. The van der Waals surface area contributed by atoms with Crippen LogP contribution in [0.25, 0.3) is 0 Å². The van der Waals surface area contributed by atoms with Crippen LogP contribution in [-0.2, 0) is 27.3 Å². The molecular weight excluding hydrogens is 556 g/mol. The van der Waals surface area contributed by atoms with Crippen LogP contribution in [0.2, 0.25) is 0 Å². The molecule has 228 valence electrons. The molecular formula is C32H37F2N5O4. The van der Waals surface area contributed by atoms with E-state index in [9.17, 15) is 19.2 Å². The summed E-state index contributed by atoms with van der Waals surface area (Å²) < 4.78 is 30.9. The first-order valence-corrected chi connectivity index (χ1v) is 14.0. The van der Waals surface area contributed by atoms with Crippen LogP contribution in [0.1, 0.15) is 43.0 Å². The normalized spacial score (nSPS) is 13.4. The number of hydrogen-bond donors (Lipinski definition) is 4. The molecule has 3 rings (SSSR count). The monoisotopic (exact) mass is 593 g/mol. The Bertz CT molecular complexity index is 1360. The molecule has 9 nitrogen and oxygen atoms in total. The van der Waals surface area contributed by atoms with Gasteiger partial charge in [-0.2, -0.15) is 8.78 Å². The number of amides is 3. The van der Waals surface area contributed by atoms with Crippen LogP contribution in [0, 0.1) is 11.8 Å². The molecule has 0 saturated heterocycles. The van der Waals surface area contributed by atoms with Gasteiger partial charge in [0.25, 0.3) is 0 Å². The molecule has 0 bridgehead atoms. The Hall–Kier alpha value is -4.51. The van der Waals surface area contributed by atoms with E-state index in [2.05, 4.69) is 20.9 Å². The van der Waals surface area contributed by atoms with Crippen LogP contribution in [0.3, 0.4) is 0 Å². The van der Waals surface area contributed by atoms with Gasteiger partial charge in [0, 0.05) is 31.4 Å². The van der Waals surface area contributed by atoms with Crippen LogP contribution >= 0.6 is 0 Å². The summed E-state index contributed by atoms with van der Waals surface area (Å²) in [5, 5.41) is 7.52. The first-order valence-electron chi connectivity index (χ1n) is 14.0. The molecule has 3 atom stereocenters. The highest BCUT2D eigenvalue weighted by Gasteiger charge is 2.48. The minimum absolute atomic E-state index is 0.203. The van der Waals surface area contributed by atoms with Crippen LogP contribution < -0.4 is 21.7 Å². The van der Waals surface area contributed by atoms with E-state index in [0.29, 0.717) is 11.1 Å². The molecule has 3 aromatic rings. The van der Waals surface area contributed by atoms with Gasteiger partial charge in [-0.3, -0.25) is 19.4 Å². The van der Waals surface area contributed by atoms with Crippen molar-refractivity contribution in [3.05, 3.63) is 102 Å². The second-order valence-electron chi connectivity index (χ2n) is 10.6. The van der Waals surface area contributed by atoms with Gasteiger partial charge in [-0.05, 0) is 41.2 Å². The molecule has 11 heteroatoms. The Labute approximate surface area is 249 Å². The van der Waals surface area contributed by atoms with Gasteiger partial charge in [-0.1, -0.05) is 74.5 Å². The van der Waals surface area contributed by atoms with Crippen molar-refractivity contribution in [2.24, 2.45) is 17.6 Å². The number of Topliss-reactive ketones (excluding diaryl/α,β-unsaturated/α-hetero) is 2. The van der Waals surface area contributed by atoms with Crippen molar-refractivity contribution in [3.63, 3.8) is 0 Å². The molecule has 3 amide bonds. The summed E-state index contributed by atoms with van der Waals surface area (Å²) in [5.41, 5.74) is 7.77. The molecule has 0 saturated carbocycles. The molecule has 0 aliphatic heterocycles. The van der Waals surface area contributed by atoms with Crippen LogP contribution in [0.5, 0.6) is 0 Å². The number of nitrogens with one attached hydrogen (secondary N) is 3. The number of nitrogens with two attached hydrogens (primary N) is 1. The topological polar surface area (TPSA) is 143 Å². The summed E-state index contributed by atoms with van der Waals surface area (Å²) in [7, 11) is 0. The third kappa shape index (κ3) is 10.1. The van der Waals surface area contributed by atoms with Gasteiger partial charge in [0.15, 0.2) is 5.78 Å². The summed E-state index contributed by atoms with van der Waals surface area (Å²) in [6, 6.07) is 17.0. The Morgan fingerprint density at radius 3 is 2.07 bits per heavy atom. The first-order chi connectivity index (χ1) is 20.5. The maximum atomic E-state index is 15.5. The van der Waals surface area contributed by atoms with Crippen molar-refractivity contribution in [1.29, 1.82) is 0 Å². The fourth-order valence-corrected chi connectivity index (χ4v) is 4.54. The number of hydrogen-bond acceptors (Lipinski definition) is 6. The molecule has 0 fully saturated rings. The van der Waals surface area contributed by atoms with E-state index in [1.54, 1.807) is 99.0 Å². The number of carbonyl (C=O) groups excluding carboxylic acids is 4. The number of benzene rings is 2. The van der Waals surface area contributed by atoms with Gasteiger partial charge in [0.2, 0.25) is 11.7 Å². The standard InChI is InChI=1S/C32H37F2N5O4/c1-21(2)28(39-27(40)20-38-31(43)37-19-23-13-15-36-16-14-23)29(41)25(17-22-9-5-3-6-10-22)30(42)32(33,34)18-26(35)24-11-7-4-8-12-24/h3-16,21,25-26,28H,17-20,35H2,1-2H3,(H,39,40)(H2,37,38,43)/t25-,26?,28-/m0/s1. The van der Waals surface area contributed by atoms with Gasteiger partial charge < -0.3 is 21.7 Å². The molecule has 1 heterocycles. The Balaban J connectivity index is 1.72. The molecule has 1 unspecified atom stereocenters. The lowest BCUT2D eigenvalue weighted by molar-refractivity contribution is -0.153. The molecule has 2 aromatic carbocycles. The van der Waals surface area contributed by atoms with Gasteiger partial charge in [0.05, 0.1) is 18.5 Å². The Morgan fingerprint density at radius 2 is 1.47 bits per heavy atom. The van der Waals surface area contributed by atoms with E-state index >= 15 is 8.78 Å². The fourth-order valence-electron chi connectivity index (χ4n) is 4.54. The highest BCUT2D eigenvalue weighted by molar-refractivity contribution is 6.08. The average Bonchev–Trinajstić information content (AvgIpc) is 3.00. The number of halogens is 2. The zero-order valence-electron chi connectivity index (χ0n) is 24.1. The maximum absolute atomic E-state index is 15.5. The molecule has 0 radical (unpaired) electrons. The summed E-state index contributed by atoms with van der Waals surface area (Å²) in [6.45, 7) is 2.99. The largest absolute Gasteiger partial charge is 0.344 e. The lowest BCUT2D eigenvalue weighted by Crippen LogP contribution is -2.53. The van der Waals surface area contributed by atoms with E-state index in [0.717, 1.165) is 5.56 Å². The van der Waals surface area contributed by atoms with Crippen molar-refractivity contribution in [3.8, 4) is 0 Å². The van der Waals surface area contributed by atoms with Crippen molar-refractivity contribution in [2.75, 3.05) is 6.54 Å². The van der Waals surface area contributed by atoms with Gasteiger partial charge >= 0.3 is 12.0 Å². The number of nitrogens with zero attached hydrogens (tertiary/aromatic N) is 1. The van der Waals surface area contributed by atoms with Crippen molar-refractivity contribution in [2.45, 2.75) is 51.2 Å². The van der Waals surface area contributed by atoms with Crippen molar-refractivity contribution < 1.29 is 28.0 Å². The number of alkyl halides is 2. The molecule has 5 N–H and O–H groups in total. The third-order valence-electron chi connectivity index (χ3n) is 6.91. The van der Waals surface area contributed by atoms with Crippen molar-refractivity contribution >= 4 is 23.5 Å². The number of pyridine rings is 1.